The molecule has 2 aliphatic heterocycles. The monoisotopic (exact) mass is 298 g/mol. The molecule has 1 unspecified atom stereocenters. The molecule has 0 spiro atoms. The highest BCUT2D eigenvalue weighted by Crippen LogP contribution is 2.42. The van der Waals surface area contributed by atoms with Crippen molar-refractivity contribution in [3.63, 3.8) is 0 Å². The van der Waals surface area contributed by atoms with Crippen molar-refractivity contribution >= 4 is 23.5 Å². The number of thiocarbonyl (C=S) groups is 1. The SMILES string of the molecule is CC1(C)O[C@@H]2[C@@H](C=S)OC(n3cnc(C(N)=O)n3)[C@@H]2O1. The third-order valence-corrected chi connectivity index (χ3v) is 3.46. The van der Waals surface area contributed by atoms with Crippen LogP contribution in [0.25, 0.3) is 0 Å². The average molecular weight is 298 g/mol. The molecule has 0 radical (unpaired) electrons. The van der Waals surface area contributed by atoms with E-state index in [0.717, 1.165) is 0 Å². The van der Waals surface area contributed by atoms with Gasteiger partial charge in [-0.3, -0.25) is 4.79 Å². The van der Waals surface area contributed by atoms with Gasteiger partial charge >= 0.3 is 0 Å². The van der Waals surface area contributed by atoms with Crippen LogP contribution in [-0.4, -0.2) is 50.1 Å². The van der Waals surface area contributed by atoms with Crippen LogP contribution in [0, 0.1) is 0 Å². The first-order valence-corrected chi connectivity index (χ1v) is 6.56. The first-order chi connectivity index (χ1) is 9.41. The van der Waals surface area contributed by atoms with E-state index in [1.165, 1.54) is 16.4 Å². The van der Waals surface area contributed by atoms with E-state index < -0.39 is 17.9 Å². The maximum absolute atomic E-state index is 11.0. The Morgan fingerprint density at radius 3 is 2.80 bits per heavy atom. The lowest BCUT2D eigenvalue weighted by Gasteiger charge is -2.22. The summed E-state index contributed by atoms with van der Waals surface area (Å²) in [5.74, 6) is -1.50. The van der Waals surface area contributed by atoms with Gasteiger partial charge in [-0.05, 0) is 13.8 Å². The molecule has 2 saturated heterocycles. The van der Waals surface area contributed by atoms with E-state index in [1.807, 2.05) is 13.8 Å². The Balaban J connectivity index is 1.89. The second-order valence-corrected chi connectivity index (χ2v) is 5.38. The molecule has 0 aliphatic carbocycles. The molecule has 8 nitrogen and oxygen atoms in total. The summed E-state index contributed by atoms with van der Waals surface area (Å²) in [6, 6.07) is 0. The van der Waals surface area contributed by atoms with Crippen LogP contribution in [0.1, 0.15) is 30.7 Å². The van der Waals surface area contributed by atoms with Gasteiger partial charge in [0.25, 0.3) is 5.91 Å². The quantitative estimate of drug-likeness (QED) is 0.771. The Kier molecular flexibility index (Phi) is 3.09. The Bertz CT molecular complexity index is 560. The van der Waals surface area contributed by atoms with Crippen molar-refractivity contribution in [3.8, 4) is 0 Å². The van der Waals surface area contributed by atoms with Gasteiger partial charge in [-0.15, -0.1) is 5.10 Å². The minimum atomic E-state index is -0.721. The highest BCUT2D eigenvalue weighted by molar-refractivity contribution is 7.79. The molecular weight excluding hydrogens is 284 g/mol. The zero-order chi connectivity index (χ0) is 14.5. The second-order valence-electron chi connectivity index (χ2n) is 5.10. The van der Waals surface area contributed by atoms with Crippen LogP contribution in [0.5, 0.6) is 0 Å². The molecule has 3 rings (SSSR count). The van der Waals surface area contributed by atoms with Crippen molar-refractivity contribution in [3.05, 3.63) is 12.2 Å². The normalized spacial score (nSPS) is 34.9. The van der Waals surface area contributed by atoms with Crippen LogP contribution in [-0.2, 0) is 14.2 Å². The summed E-state index contributed by atoms with van der Waals surface area (Å²) in [6.45, 7) is 3.64. The number of nitrogens with zero attached hydrogens (tertiary/aromatic N) is 3. The third kappa shape index (κ3) is 2.12. The highest BCUT2D eigenvalue weighted by atomic mass is 32.1. The topological polar surface area (TPSA) is 101 Å². The maximum Gasteiger partial charge on any atom is 0.288 e. The van der Waals surface area contributed by atoms with E-state index in [9.17, 15) is 4.79 Å². The Morgan fingerprint density at radius 2 is 2.20 bits per heavy atom. The molecule has 3 heterocycles. The molecule has 2 N–H and O–H groups in total. The molecule has 1 aromatic heterocycles. The first kappa shape index (κ1) is 13.6. The summed E-state index contributed by atoms with van der Waals surface area (Å²) in [5.41, 5.74) is 5.13. The van der Waals surface area contributed by atoms with Crippen molar-refractivity contribution in [1.29, 1.82) is 0 Å². The van der Waals surface area contributed by atoms with E-state index in [-0.39, 0.29) is 24.1 Å². The highest BCUT2D eigenvalue weighted by Gasteiger charge is 2.55. The van der Waals surface area contributed by atoms with Crippen LogP contribution in [0.4, 0.5) is 0 Å². The number of rotatable bonds is 3. The fourth-order valence-corrected chi connectivity index (χ4v) is 2.66. The molecule has 9 heteroatoms. The Labute approximate surface area is 120 Å². The standard InChI is InChI=1S/C11H14N4O4S/c1-11(2)18-6-5(3-20)17-10(7(6)19-11)15-4-13-9(14-15)8(12)16/h3-7,10H,1-2H3,(H2,12,16)/t5-,6-,7-,10?/m1/s1. The summed E-state index contributed by atoms with van der Waals surface area (Å²) < 4.78 is 18.8. The van der Waals surface area contributed by atoms with Crippen LogP contribution in [0.2, 0.25) is 0 Å². The van der Waals surface area contributed by atoms with Gasteiger partial charge in [0.15, 0.2) is 12.0 Å². The number of hydrogen-bond acceptors (Lipinski definition) is 7. The van der Waals surface area contributed by atoms with Gasteiger partial charge in [-0.1, -0.05) is 12.2 Å². The second kappa shape index (κ2) is 4.55. The first-order valence-electron chi connectivity index (χ1n) is 6.08. The van der Waals surface area contributed by atoms with Gasteiger partial charge in [0.05, 0.1) is 0 Å². The molecule has 2 aliphatic rings. The summed E-state index contributed by atoms with van der Waals surface area (Å²) >= 11 is 4.96. The lowest BCUT2D eigenvalue weighted by atomic mass is 10.1. The van der Waals surface area contributed by atoms with Crippen LogP contribution < -0.4 is 5.73 Å². The van der Waals surface area contributed by atoms with Gasteiger partial charge in [-0.2, -0.15) is 0 Å². The zero-order valence-electron chi connectivity index (χ0n) is 10.9. The Morgan fingerprint density at radius 1 is 1.50 bits per heavy atom. The van der Waals surface area contributed by atoms with E-state index in [2.05, 4.69) is 10.1 Å². The fourth-order valence-electron chi connectivity index (χ4n) is 2.44. The predicted octanol–water partition coefficient (Wildman–Crippen LogP) is -0.206. The molecule has 2 fully saturated rings. The predicted molar refractivity (Wildman–Crippen MR) is 69.9 cm³/mol. The number of fused-ring (bicyclic) bond motifs is 1. The molecule has 20 heavy (non-hydrogen) atoms. The minimum absolute atomic E-state index is 0.0749. The molecule has 1 aromatic rings. The zero-order valence-corrected chi connectivity index (χ0v) is 11.7. The van der Waals surface area contributed by atoms with Gasteiger partial charge in [0.2, 0.25) is 5.82 Å². The van der Waals surface area contributed by atoms with Crippen molar-refractivity contribution in [2.75, 3.05) is 0 Å². The summed E-state index contributed by atoms with van der Waals surface area (Å²) in [4.78, 5) is 14.9. The van der Waals surface area contributed by atoms with Crippen molar-refractivity contribution in [2.45, 2.75) is 44.2 Å². The maximum atomic E-state index is 11.0. The summed E-state index contributed by atoms with van der Waals surface area (Å²) in [7, 11) is 0. The lowest BCUT2D eigenvalue weighted by Crippen LogP contribution is -2.29. The van der Waals surface area contributed by atoms with Crippen LogP contribution >= 0.6 is 12.2 Å². The fraction of sp³-hybridized carbons (Fsp3) is 0.636. The van der Waals surface area contributed by atoms with Crippen molar-refractivity contribution in [1.82, 2.24) is 14.8 Å². The Hall–Kier alpha value is -1.42. The summed E-state index contributed by atoms with van der Waals surface area (Å²) in [6.07, 6.45) is -0.262. The molecule has 4 atom stereocenters. The average Bonchev–Trinajstić information content (AvgIpc) is 3.01. The number of aromatic nitrogens is 3. The number of carbonyl (C=O) groups is 1. The molecule has 0 aromatic carbocycles. The van der Waals surface area contributed by atoms with Crippen LogP contribution in [0.15, 0.2) is 6.33 Å². The van der Waals surface area contributed by atoms with Gasteiger partial charge < -0.3 is 19.9 Å². The van der Waals surface area contributed by atoms with E-state index in [4.69, 9.17) is 32.2 Å². The van der Waals surface area contributed by atoms with Crippen molar-refractivity contribution < 1.29 is 19.0 Å². The number of primary amides is 1. The van der Waals surface area contributed by atoms with Gasteiger partial charge in [0.1, 0.15) is 24.6 Å². The van der Waals surface area contributed by atoms with Crippen LogP contribution in [0.3, 0.4) is 0 Å². The minimum Gasteiger partial charge on any atom is -0.363 e. The molecule has 0 bridgehead atoms. The van der Waals surface area contributed by atoms with Gasteiger partial charge in [0, 0.05) is 5.37 Å². The number of hydrogen-bond donors (Lipinski definition) is 1. The molecule has 108 valence electrons. The molecule has 1 amide bonds. The molecule has 0 saturated carbocycles. The number of amides is 1. The number of nitrogens with two attached hydrogens (primary N) is 1. The smallest absolute Gasteiger partial charge is 0.288 e. The van der Waals surface area contributed by atoms with Crippen molar-refractivity contribution in [2.24, 2.45) is 5.73 Å². The molecular formula is C11H14N4O4S. The number of ether oxygens (including phenoxy) is 3. The number of carbonyl (C=O) groups excluding carboxylic acids is 1. The summed E-state index contributed by atoms with van der Waals surface area (Å²) in [5, 5.41) is 5.49. The van der Waals surface area contributed by atoms with E-state index in [0.29, 0.717) is 0 Å². The lowest BCUT2D eigenvalue weighted by molar-refractivity contribution is -0.190. The largest absolute Gasteiger partial charge is 0.363 e. The van der Waals surface area contributed by atoms with E-state index in [1.54, 1.807) is 0 Å². The van der Waals surface area contributed by atoms with Gasteiger partial charge in [-0.25, -0.2) is 9.67 Å². The van der Waals surface area contributed by atoms with E-state index >= 15 is 0 Å². The third-order valence-electron chi connectivity index (χ3n) is 3.19.